The molecule has 3 atom stereocenters. The standard InChI is InChI=1S/C18H19N/c19-18(17-10-13-6-2-4-8-16(13)17)11-14-9-12-5-1-3-7-15(12)14/h1-8,14,17-18H,9-11,19H2. The minimum atomic E-state index is 0.313. The van der Waals surface area contributed by atoms with Gasteiger partial charge >= 0.3 is 0 Å². The molecule has 0 heterocycles. The van der Waals surface area contributed by atoms with Crippen LogP contribution in [0.4, 0.5) is 0 Å². The molecule has 0 radical (unpaired) electrons. The Kier molecular flexibility index (Phi) is 2.49. The molecule has 96 valence electrons. The molecule has 19 heavy (non-hydrogen) atoms. The molecule has 0 saturated heterocycles. The van der Waals surface area contributed by atoms with Crippen molar-refractivity contribution in [3.63, 3.8) is 0 Å². The lowest BCUT2D eigenvalue weighted by Crippen LogP contribution is -2.38. The molecule has 2 aliphatic rings. The first-order valence-corrected chi connectivity index (χ1v) is 7.24. The van der Waals surface area contributed by atoms with Crippen LogP contribution in [-0.2, 0) is 12.8 Å². The Balaban J connectivity index is 1.46. The summed E-state index contributed by atoms with van der Waals surface area (Å²) in [7, 11) is 0. The molecule has 0 aromatic heterocycles. The van der Waals surface area contributed by atoms with E-state index in [0.29, 0.717) is 17.9 Å². The van der Waals surface area contributed by atoms with E-state index in [4.69, 9.17) is 5.73 Å². The monoisotopic (exact) mass is 249 g/mol. The van der Waals surface area contributed by atoms with Crippen LogP contribution in [0.3, 0.4) is 0 Å². The second-order valence-electron chi connectivity index (χ2n) is 6.01. The summed E-state index contributed by atoms with van der Waals surface area (Å²) >= 11 is 0. The van der Waals surface area contributed by atoms with Crippen LogP contribution < -0.4 is 5.73 Å². The molecule has 1 nitrogen and oxygen atoms in total. The third-order valence-corrected chi connectivity index (χ3v) is 4.93. The Morgan fingerprint density at radius 1 is 0.895 bits per heavy atom. The summed E-state index contributed by atoms with van der Waals surface area (Å²) in [4.78, 5) is 0. The summed E-state index contributed by atoms with van der Waals surface area (Å²) in [6.45, 7) is 0. The van der Waals surface area contributed by atoms with E-state index in [1.54, 1.807) is 0 Å². The second kappa shape index (κ2) is 4.21. The first-order valence-electron chi connectivity index (χ1n) is 7.24. The van der Waals surface area contributed by atoms with Gasteiger partial charge in [-0.3, -0.25) is 0 Å². The smallest absolute Gasteiger partial charge is 0.0117 e. The molecule has 3 unspecified atom stereocenters. The van der Waals surface area contributed by atoms with Crippen molar-refractivity contribution in [2.45, 2.75) is 37.1 Å². The highest BCUT2D eigenvalue weighted by atomic mass is 14.7. The Labute approximate surface area is 114 Å². The van der Waals surface area contributed by atoms with Gasteiger partial charge in [0.15, 0.2) is 0 Å². The van der Waals surface area contributed by atoms with Gasteiger partial charge in [-0.25, -0.2) is 0 Å². The van der Waals surface area contributed by atoms with Crippen LogP contribution in [0, 0.1) is 0 Å². The van der Waals surface area contributed by atoms with Crippen LogP contribution in [0.25, 0.3) is 0 Å². The average molecular weight is 249 g/mol. The van der Waals surface area contributed by atoms with Crippen molar-refractivity contribution in [2.75, 3.05) is 0 Å². The third kappa shape index (κ3) is 1.73. The van der Waals surface area contributed by atoms with Gasteiger partial charge in [0.05, 0.1) is 0 Å². The summed E-state index contributed by atoms with van der Waals surface area (Å²) in [5.41, 5.74) is 12.5. The number of hydrogen-bond acceptors (Lipinski definition) is 1. The highest BCUT2D eigenvalue weighted by Gasteiger charge is 2.34. The molecule has 2 aromatic carbocycles. The van der Waals surface area contributed by atoms with E-state index in [1.807, 2.05) is 0 Å². The van der Waals surface area contributed by atoms with Crippen molar-refractivity contribution >= 4 is 0 Å². The lowest BCUT2D eigenvalue weighted by atomic mass is 9.68. The Morgan fingerprint density at radius 2 is 1.53 bits per heavy atom. The van der Waals surface area contributed by atoms with Crippen LogP contribution in [0.1, 0.15) is 40.5 Å². The molecule has 2 aliphatic carbocycles. The molecule has 0 fully saturated rings. The Hall–Kier alpha value is -1.60. The summed E-state index contributed by atoms with van der Waals surface area (Å²) in [5, 5.41) is 0. The fourth-order valence-electron chi connectivity index (χ4n) is 3.75. The van der Waals surface area contributed by atoms with Crippen LogP contribution in [0.15, 0.2) is 48.5 Å². The van der Waals surface area contributed by atoms with Gasteiger partial charge in [-0.15, -0.1) is 0 Å². The van der Waals surface area contributed by atoms with E-state index in [0.717, 1.165) is 6.42 Å². The van der Waals surface area contributed by atoms with Crippen molar-refractivity contribution in [3.05, 3.63) is 70.8 Å². The van der Waals surface area contributed by atoms with Crippen molar-refractivity contribution in [3.8, 4) is 0 Å². The minimum Gasteiger partial charge on any atom is -0.327 e. The molecule has 0 amide bonds. The largest absolute Gasteiger partial charge is 0.327 e. The zero-order chi connectivity index (χ0) is 12.8. The third-order valence-electron chi connectivity index (χ3n) is 4.93. The van der Waals surface area contributed by atoms with E-state index in [2.05, 4.69) is 48.5 Å². The number of fused-ring (bicyclic) bond motifs is 2. The zero-order valence-electron chi connectivity index (χ0n) is 11.0. The van der Waals surface area contributed by atoms with Crippen LogP contribution in [0.5, 0.6) is 0 Å². The maximum Gasteiger partial charge on any atom is 0.0117 e. The number of benzene rings is 2. The Bertz CT molecular complexity index is 617. The molecule has 2 aromatic rings. The zero-order valence-corrected chi connectivity index (χ0v) is 11.0. The highest BCUT2D eigenvalue weighted by molar-refractivity contribution is 5.43. The molecular weight excluding hydrogens is 230 g/mol. The Morgan fingerprint density at radius 3 is 2.21 bits per heavy atom. The van der Waals surface area contributed by atoms with Crippen LogP contribution >= 0.6 is 0 Å². The quantitative estimate of drug-likeness (QED) is 0.886. The summed E-state index contributed by atoms with van der Waals surface area (Å²) in [6, 6.07) is 17.9. The van der Waals surface area contributed by atoms with E-state index >= 15 is 0 Å². The average Bonchev–Trinajstić information content (AvgIpc) is 2.37. The van der Waals surface area contributed by atoms with E-state index < -0.39 is 0 Å². The summed E-state index contributed by atoms with van der Waals surface area (Å²) in [6.07, 6.45) is 3.53. The lowest BCUT2D eigenvalue weighted by molar-refractivity contribution is 0.405. The van der Waals surface area contributed by atoms with Crippen LogP contribution in [0.2, 0.25) is 0 Å². The topological polar surface area (TPSA) is 26.0 Å². The maximum atomic E-state index is 6.46. The van der Waals surface area contributed by atoms with Gasteiger partial charge in [0.25, 0.3) is 0 Å². The lowest BCUT2D eigenvalue weighted by Gasteiger charge is -2.39. The normalized spacial score (nSPS) is 24.7. The van der Waals surface area contributed by atoms with Crippen molar-refractivity contribution < 1.29 is 0 Å². The van der Waals surface area contributed by atoms with E-state index in [1.165, 1.54) is 35.1 Å². The van der Waals surface area contributed by atoms with Crippen molar-refractivity contribution in [2.24, 2.45) is 5.73 Å². The van der Waals surface area contributed by atoms with Gasteiger partial charge in [-0.05, 0) is 47.4 Å². The van der Waals surface area contributed by atoms with Gasteiger partial charge in [0.1, 0.15) is 0 Å². The second-order valence-corrected chi connectivity index (χ2v) is 6.01. The molecule has 1 heteroatoms. The highest BCUT2D eigenvalue weighted by Crippen LogP contribution is 2.43. The molecule has 2 N–H and O–H groups in total. The van der Waals surface area contributed by atoms with Crippen molar-refractivity contribution in [1.29, 1.82) is 0 Å². The molecule has 0 spiro atoms. The molecule has 0 saturated carbocycles. The van der Waals surface area contributed by atoms with Crippen LogP contribution in [-0.4, -0.2) is 6.04 Å². The van der Waals surface area contributed by atoms with Gasteiger partial charge in [-0.2, -0.15) is 0 Å². The van der Waals surface area contributed by atoms with Gasteiger partial charge in [-0.1, -0.05) is 48.5 Å². The maximum absolute atomic E-state index is 6.46. The first kappa shape index (κ1) is 11.2. The SMILES string of the molecule is NC(CC1Cc2ccccc21)C1Cc2ccccc21. The molecule has 0 bridgehead atoms. The molecule has 4 rings (SSSR count). The number of nitrogens with two attached hydrogens (primary N) is 1. The predicted molar refractivity (Wildman–Crippen MR) is 78.4 cm³/mol. The molecule has 0 aliphatic heterocycles. The van der Waals surface area contributed by atoms with Gasteiger partial charge < -0.3 is 5.73 Å². The first-order chi connectivity index (χ1) is 9.33. The predicted octanol–water partition coefficient (Wildman–Crippen LogP) is 3.38. The van der Waals surface area contributed by atoms with Gasteiger partial charge in [0.2, 0.25) is 0 Å². The molecular formula is C18H19N. The number of rotatable bonds is 3. The van der Waals surface area contributed by atoms with Crippen molar-refractivity contribution in [1.82, 2.24) is 0 Å². The van der Waals surface area contributed by atoms with Gasteiger partial charge in [0, 0.05) is 12.0 Å². The summed E-state index contributed by atoms with van der Waals surface area (Å²) in [5.74, 6) is 1.28. The number of hydrogen-bond donors (Lipinski definition) is 1. The van der Waals surface area contributed by atoms with E-state index in [9.17, 15) is 0 Å². The fourth-order valence-corrected chi connectivity index (χ4v) is 3.75. The fraction of sp³-hybridized carbons (Fsp3) is 0.333. The minimum absolute atomic E-state index is 0.313. The van der Waals surface area contributed by atoms with E-state index in [-0.39, 0.29) is 0 Å². The summed E-state index contributed by atoms with van der Waals surface area (Å²) < 4.78 is 0.